The van der Waals surface area contributed by atoms with E-state index in [0.29, 0.717) is 0 Å². The van der Waals surface area contributed by atoms with Crippen molar-refractivity contribution < 1.29 is 0 Å². The molecule has 0 bridgehead atoms. The molecule has 2 heterocycles. The van der Waals surface area contributed by atoms with Crippen LogP contribution in [0.3, 0.4) is 0 Å². The Morgan fingerprint density at radius 3 is 2.50 bits per heavy atom. The average Bonchev–Trinajstić information content (AvgIpc) is 3.00. The van der Waals surface area contributed by atoms with Crippen LogP contribution < -0.4 is 0 Å². The molecule has 2 aromatic heterocycles. The van der Waals surface area contributed by atoms with E-state index >= 15 is 0 Å². The molecule has 4 heteroatoms. The van der Waals surface area contributed by atoms with Crippen molar-refractivity contribution in [2.75, 3.05) is 0 Å². The van der Waals surface area contributed by atoms with Gasteiger partial charge in [-0.2, -0.15) is 0 Å². The lowest BCUT2D eigenvalue weighted by atomic mass is 10.1. The van der Waals surface area contributed by atoms with Crippen LogP contribution in [-0.4, -0.2) is 19.7 Å². The summed E-state index contributed by atoms with van der Waals surface area (Å²) in [6.45, 7) is 2.03. The number of aryl methyl sites for hydroxylation is 1. The predicted molar refractivity (Wildman–Crippen MR) is 79.3 cm³/mol. The maximum Gasteiger partial charge on any atom is 0.146 e. The zero-order chi connectivity index (χ0) is 13.8. The lowest BCUT2D eigenvalue weighted by molar-refractivity contribution is 0.981. The second-order valence-electron chi connectivity index (χ2n) is 4.54. The molecule has 20 heavy (non-hydrogen) atoms. The van der Waals surface area contributed by atoms with E-state index < -0.39 is 0 Å². The Morgan fingerprint density at radius 1 is 1.00 bits per heavy atom. The van der Waals surface area contributed by atoms with E-state index in [0.717, 1.165) is 22.5 Å². The van der Waals surface area contributed by atoms with Crippen molar-refractivity contribution in [3.8, 4) is 5.82 Å². The molecule has 0 aliphatic heterocycles. The molecule has 0 unspecified atom stereocenters. The quantitative estimate of drug-likeness (QED) is 0.728. The van der Waals surface area contributed by atoms with E-state index in [1.165, 1.54) is 0 Å². The highest BCUT2D eigenvalue weighted by molar-refractivity contribution is 5.72. The first-order chi connectivity index (χ1) is 9.83. The normalized spacial score (nSPS) is 11.1. The van der Waals surface area contributed by atoms with Crippen LogP contribution in [0.25, 0.3) is 18.0 Å². The molecule has 3 rings (SSSR count). The van der Waals surface area contributed by atoms with Crippen molar-refractivity contribution >= 4 is 12.2 Å². The smallest absolute Gasteiger partial charge is 0.146 e. The van der Waals surface area contributed by atoms with Crippen molar-refractivity contribution in [3.63, 3.8) is 0 Å². The molecule has 0 aliphatic rings. The Kier molecular flexibility index (Phi) is 3.37. The molecule has 0 saturated carbocycles. The van der Waals surface area contributed by atoms with Crippen LogP contribution in [0.2, 0.25) is 0 Å². The maximum absolute atomic E-state index is 4.46. The summed E-state index contributed by atoms with van der Waals surface area (Å²) in [7, 11) is 0. The number of pyridine rings is 1. The van der Waals surface area contributed by atoms with Gasteiger partial charge < -0.3 is 0 Å². The summed E-state index contributed by atoms with van der Waals surface area (Å²) in [5, 5.41) is 7.66. The fourth-order valence-corrected chi connectivity index (χ4v) is 1.98. The largest absolute Gasteiger partial charge is 0.271 e. The van der Waals surface area contributed by atoms with E-state index in [1.54, 1.807) is 12.7 Å². The van der Waals surface area contributed by atoms with Gasteiger partial charge in [0.25, 0.3) is 0 Å². The van der Waals surface area contributed by atoms with Crippen LogP contribution in [-0.2, 0) is 0 Å². The minimum absolute atomic E-state index is 0.827. The SMILES string of the molecule is Cc1cnc(-n2cnnc2)c(C=Cc2ccccc2)c1. The fraction of sp³-hybridized carbons (Fsp3) is 0.0625. The second kappa shape index (κ2) is 5.48. The van der Waals surface area contributed by atoms with Gasteiger partial charge in [0, 0.05) is 11.8 Å². The molecule has 1 aromatic carbocycles. The number of hydrogen-bond donors (Lipinski definition) is 0. The molecule has 0 N–H and O–H groups in total. The summed E-state index contributed by atoms with van der Waals surface area (Å²) in [5.41, 5.74) is 3.31. The van der Waals surface area contributed by atoms with Gasteiger partial charge in [-0.25, -0.2) is 4.98 Å². The second-order valence-corrected chi connectivity index (χ2v) is 4.54. The zero-order valence-electron chi connectivity index (χ0n) is 11.1. The van der Waals surface area contributed by atoms with Gasteiger partial charge >= 0.3 is 0 Å². The molecule has 0 atom stereocenters. The summed E-state index contributed by atoms with van der Waals surface area (Å²) < 4.78 is 1.81. The molecule has 0 radical (unpaired) electrons. The highest BCUT2D eigenvalue weighted by Gasteiger charge is 2.04. The van der Waals surface area contributed by atoms with Crippen LogP contribution in [0.1, 0.15) is 16.7 Å². The van der Waals surface area contributed by atoms with Crippen molar-refractivity contribution in [3.05, 3.63) is 71.9 Å². The number of aromatic nitrogens is 4. The molecule has 0 aliphatic carbocycles. The van der Waals surface area contributed by atoms with Crippen LogP contribution >= 0.6 is 0 Å². The Labute approximate surface area is 117 Å². The van der Waals surface area contributed by atoms with Gasteiger partial charge in [-0.15, -0.1) is 10.2 Å². The summed E-state index contributed by atoms with van der Waals surface area (Å²) in [5.74, 6) is 0.827. The fourth-order valence-electron chi connectivity index (χ4n) is 1.98. The van der Waals surface area contributed by atoms with Crippen LogP contribution in [0.5, 0.6) is 0 Å². The van der Waals surface area contributed by atoms with Gasteiger partial charge in [0.1, 0.15) is 18.5 Å². The third-order valence-electron chi connectivity index (χ3n) is 2.95. The Balaban J connectivity index is 2.00. The van der Waals surface area contributed by atoms with Gasteiger partial charge in [-0.1, -0.05) is 42.5 Å². The van der Waals surface area contributed by atoms with Crippen molar-refractivity contribution in [2.45, 2.75) is 6.92 Å². The van der Waals surface area contributed by atoms with E-state index in [-0.39, 0.29) is 0 Å². The molecular formula is C16H14N4. The molecule has 3 aromatic rings. The molecule has 98 valence electrons. The zero-order valence-corrected chi connectivity index (χ0v) is 11.1. The first-order valence-electron chi connectivity index (χ1n) is 6.38. The van der Waals surface area contributed by atoms with E-state index in [1.807, 2.05) is 35.9 Å². The summed E-state index contributed by atoms with van der Waals surface area (Å²) in [4.78, 5) is 4.46. The van der Waals surface area contributed by atoms with E-state index in [4.69, 9.17) is 0 Å². The Bertz CT molecular complexity index is 715. The van der Waals surface area contributed by atoms with Crippen molar-refractivity contribution in [1.29, 1.82) is 0 Å². The number of benzene rings is 1. The van der Waals surface area contributed by atoms with E-state index in [2.05, 4.69) is 45.5 Å². The first kappa shape index (κ1) is 12.3. The van der Waals surface area contributed by atoms with Gasteiger partial charge in [0.05, 0.1) is 0 Å². The predicted octanol–water partition coefficient (Wildman–Crippen LogP) is 3.14. The highest BCUT2D eigenvalue weighted by Crippen LogP contribution is 2.16. The summed E-state index contributed by atoms with van der Waals surface area (Å²) in [6, 6.07) is 12.3. The Hall–Kier alpha value is -2.75. The number of rotatable bonds is 3. The lowest BCUT2D eigenvalue weighted by Crippen LogP contribution is -1.98. The third-order valence-corrected chi connectivity index (χ3v) is 2.95. The monoisotopic (exact) mass is 262 g/mol. The minimum Gasteiger partial charge on any atom is -0.271 e. The number of nitrogens with zero attached hydrogens (tertiary/aromatic N) is 4. The maximum atomic E-state index is 4.46. The lowest BCUT2D eigenvalue weighted by Gasteiger charge is -2.06. The molecule has 0 fully saturated rings. The highest BCUT2D eigenvalue weighted by atomic mass is 15.2. The van der Waals surface area contributed by atoms with Crippen LogP contribution in [0.15, 0.2) is 55.2 Å². The van der Waals surface area contributed by atoms with Crippen LogP contribution in [0, 0.1) is 6.92 Å². The third kappa shape index (κ3) is 2.64. The topological polar surface area (TPSA) is 43.6 Å². The van der Waals surface area contributed by atoms with Gasteiger partial charge in [0.15, 0.2) is 0 Å². The summed E-state index contributed by atoms with van der Waals surface area (Å²) >= 11 is 0. The standard InChI is InChI=1S/C16H14N4/c1-13-9-15(8-7-14-5-3-2-4-6-14)16(17-10-13)20-11-18-19-12-20/h2-12H,1H3. The molecule has 0 amide bonds. The summed E-state index contributed by atoms with van der Waals surface area (Å²) in [6.07, 6.45) is 9.28. The van der Waals surface area contributed by atoms with Crippen molar-refractivity contribution in [1.82, 2.24) is 19.7 Å². The van der Waals surface area contributed by atoms with Crippen LogP contribution in [0.4, 0.5) is 0 Å². The van der Waals surface area contributed by atoms with Crippen molar-refractivity contribution in [2.24, 2.45) is 0 Å². The molecule has 0 saturated heterocycles. The first-order valence-corrected chi connectivity index (χ1v) is 6.38. The van der Waals surface area contributed by atoms with E-state index in [9.17, 15) is 0 Å². The molecule has 4 nitrogen and oxygen atoms in total. The molecular weight excluding hydrogens is 248 g/mol. The number of hydrogen-bond acceptors (Lipinski definition) is 3. The van der Waals surface area contributed by atoms with Gasteiger partial charge in [0.2, 0.25) is 0 Å². The Morgan fingerprint density at radius 2 is 1.75 bits per heavy atom. The average molecular weight is 262 g/mol. The van der Waals surface area contributed by atoms with Gasteiger partial charge in [-0.05, 0) is 24.1 Å². The minimum atomic E-state index is 0.827. The molecule has 0 spiro atoms. The van der Waals surface area contributed by atoms with Gasteiger partial charge in [-0.3, -0.25) is 4.57 Å².